The highest BCUT2D eigenvalue weighted by Crippen LogP contribution is 2.47. The maximum Gasteiger partial charge on any atom is 0.273 e. The number of hydrogen-bond donors (Lipinski definition) is 2. The van der Waals surface area contributed by atoms with Crippen LogP contribution in [0.2, 0.25) is 0 Å². The zero-order valence-corrected chi connectivity index (χ0v) is 21.6. The number of nitrogens with zero attached hydrogens (tertiary/aromatic N) is 2. The lowest BCUT2D eigenvalue weighted by Crippen LogP contribution is -2.40. The Labute approximate surface area is 211 Å². The van der Waals surface area contributed by atoms with Crippen LogP contribution in [0.5, 0.6) is 11.5 Å². The van der Waals surface area contributed by atoms with E-state index >= 15 is 0 Å². The number of nitrogens with one attached hydrogen (secondary N) is 1. The molecule has 9 heteroatoms. The summed E-state index contributed by atoms with van der Waals surface area (Å²) >= 11 is 0. The molecule has 1 saturated heterocycles. The van der Waals surface area contributed by atoms with Crippen LogP contribution in [-0.4, -0.2) is 58.7 Å². The van der Waals surface area contributed by atoms with Crippen molar-refractivity contribution in [3.63, 3.8) is 0 Å². The molecule has 2 unspecified atom stereocenters. The highest BCUT2D eigenvalue weighted by atomic mass is 32.2. The number of aromatic nitrogens is 2. The van der Waals surface area contributed by atoms with E-state index in [1.165, 1.54) is 0 Å². The zero-order chi connectivity index (χ0) is 25.6. The number of carbonyl (C=O) groups is 1. The van der Waals surface area contributed by atoms with E-state index in [1.807, 2.05) is 44.2 Å². The minimum Gasteiger partial charge on any atom is -0.507 e. The van der Waals surface area contributed by atoms with Crippen LogP contribution in [0.1, 0.15) is 65.0 Å². The average Bonchev–Trinajstić information content (AvgIpc) is 3.50. The number of carbonyl (C=O) groups excluding carboxylic acids is 1. The lowest BCUT2D eigenvalue weighted by atomic mass is 9.93. The number of fused-ring (bicyclic) bond motifs is 1. The third kappa shape index (κ3) is 4.25. The average molecular weight is 510 g/mol. The molecule has 5 rings (SSSR count). The van der Waals surface area contributed by atoms with E-state index in [0.29, 0.717) is 35.5 Å². The smallest absolute Gasteiger partial charge is 0.273 e. The molecule has 2 aliphatic heterocycles. The number of aromatic hydroxyl groups is 1. The molecule has 0 bridgehead atoms. The van der Waals surface area contributed by atoms with Crippen molar-refractivity contribution >= 4 is 15.7 Å². The normalized spacial score (nSPS) is 20.6. The maximum atomic E-state index is 13.6. The molecule has 3 aromatic rings. The SMILES string of the molecule is CCCCOc1ccc(C2c3c(-c4cc(C)c(C)cc4O)n[nH]c3C(=O)N2C2CCS(=O)(=O)C2)cc1. The molecule has 1 fully saturated rings. The van der Waals surface area contributed by atoms with Crippen molar-refractivity contribution in [3.8, 4) is 22.8 Å². The highest BCUT2D eigenvalue weighted by molar-refractivity contribution is 7.91. The van der Waals surface area contributed by atoms with E-state index in [-0.39, 0.29) is 23.2 Å². The van der Waals surface area contributed by atoms with Crippen LogP contribution >= 0.6 is 0 Å². The van der Waals surface area contributed by atoms with Gasteiger partial charge in [0.2, 0.25) is 0 Å². The molecule has 0 spiro atoms. The van der Waals surface area contributed by atoms with Crippen LogP contribution in [0.4, 0.5) is 0 Å². The summed E-state index contributed by atoms with van der Waals surface area (Å²) in [6.45, 7) is 6.62. The number of H-pyrrole nitrogens is 1. The first-order valence-electron chi connectivity index (χ1n) is 12.3. The van der Waals surface area contributed by atoms with Crippen molar-refractivity contribution in [2.24, 2.45) is 0 Å². The molecular weight excluding hydrogens is 478 g/mol. The van der Waals surface area contributed by atoms with Crippen LogP contribution in [0.3, 0.4) is 0 Å². The minimum atomic E-state index is -3.21. The van der Waals surface area contributed by atoms with E-state index in [4.69, 9.17) is 4.74 Å². The van der Waals surface area contributed by atoms with E-state index in [1.54, 1.807) is 11.0 Å². The zero-order valence-electron chi connectivity index (χ0n) is 20.7. The molecule has 190 valence electrons. The molecule has 1 amide bonds. The molecule has 2 aromatic carbocycles. The van der Waals surface area contributed by atoms with Gasteiger partial charge < -0.3 is 14.7 Å². The molecule has 0 saturated carbocycles. The highest BCUT2D eigenvalue weighted by Gasteiger charge is 2.48. The van der Waals surface area contributed by atoms with Crippen molar-refractivity contribution in [2.75, 3.05) is 18.1 Å². The number of aromatic amines is 1. The fourth-order valence-corrected chi connectivity index (χ4v) is 6.85. The predicted octanol–water partition coefficient (Wildman–Crippen LogP) is 4.31. The van der Waals surface area contributed by atoms with Crippen molar-refractivity contribution in [1.29, 1.82) is 0 Å². The Bertz CT molecular complexity index is 1410. The van der Waals surface area contributed by atoms with Gasteiger partial charge in [-0.3, -0.25) is 9.89 Å². The summed E-state index contributed by atoms with van der Waals surface area (Å²) in [6.07, 6.45) is 2.40. The standard InChI is InChI=1S/C27H31N3O5S/c1-4-5-11-35-20-8-6-18(7-9-20)26-23-24(21-13-16(2)17(3)14-22(21)31)28-29-25(23)27(32)30(26)19-10-12-36(33,34)15-19/h6-9,13-14,19,26,31H,4-5,10-12,15H2,1-3H3,(H,28,29). The van der Waals surface area contributed by atoms with Gasteiger partial charge in [0.05, 0.1) is 24.2 Å². The quantitative estimate of drug-likeness (QED) is 0.459. The second kappa shape index (κ2) is 9.28. The fourth-order valence-electron chi connectivity index (χ4n) is 5.14. The minimum absolute atomic E-state index is 0.0601. The number of benzene rings is 2. The third-order valence-corrected chi connectivity index (χ3v) is 8.99. The number of unbranched alkanes of at least 4 members (excludes halogenated alkanes) is 1. The molecule has 0 radical (unpaired) electrons. The van der Waals surface area contributed by atoms with Crippen LogP contribution in [0, 0.1) is 13.8 Å². The van der Waals surface area contributed by atoms with Crippen molar-refractivity contribution in [3.05, 3.63) is 64.3 Å². The van der Waals surface area contributed by atoms with Crippen LogP contribution in [0.15, 0.2) is 36.4 Å². The molecule has 3 heterocycles. The Morgan fingerprint density at radius 1 is 1.17 bits per heavy atom. The fraction of sp³-hybridized carbons (Fsp3) is 0.407. The van der Waals surface area contributed by atoms with E-state index in [0.717, 1.165) is 35.3 Å². The van der Waals surface area contributed by atoms with Crippen LogP contribution < -0.4 is 4.74 Å². The second-order valence-electron chi connectivity index (χ2n) is 9.76. The first kappa shape index (κ1) is 24.4. The van der Waals surface area contributed by atoms with Gasteiger partial charge in [-0.25, -0.2) is 8.42 Å². The summed E-state index contributed by atoms with van der Waals surface area (Å²) in [5.41, 5.74) is 4.80. The second-order valence-corrected chi connectivity index (χ2v) is 12.0. The van der Waals surface area contributed by atoms with Gasteiger partial charge in [0.1, 0.15) is 22.9 Å². The first-order chi connectivity index (χ1) is 17.2. The molecule has 36 heavy (non-hydrogen) atoms. The summed E-state index contributed by atoms with van der Waals surface area (Å²) in [4.78, 5) is 15.3. The third-order valence-electron chi connectivity index (χ3n) is 7.24. The van der Waals surface area contributed by atoms with Gasteiger partial charge in [-0.1, -0.05) is 25.5 Å². The largest absolute Gasteiger partial charge is 0.507 e. The van der Waals surface area contributed by atoms with E-state index in [9.17, 15) is 18.3 Å². The number of sulfone groups is 1. The molecule has 1 aromatic heterocycles. The van der Waals surface area contributed by atoms with Gasteiger partial charge in [0.25, 0.3) is 5.91 Å². The van der Waals surface area contributed by atoms with Gasteiger partial charge in [0.15, 0.2) is 9.84 Å². The van der Waals surface area contributed by atoms with E-state index < -0.39 is 21.9 Å². The van der Waals surface area contributed by atoms with Crippen molar-refractivity contribution in [1.82, 2.24) is 15.1 Å². The monoisotopic (exact) mass is 509 g/mol. The van der Waals surface area contributed by atoms with Crippen molar-refractivity contribution < 1.29 is 23.1 Å². The van der Waals surface area contributed by atoms with Gasteiger partial charge >= 0.3 is 0 Å². The number of rotatable bonds is 7. The Hall–Kier alpha value is -3.33. The lowest BCUT2D eigenvalue weighted by molar-refractivity contribution is 0.0677. The summed E-state index contributed by atoms with van der Waals surface area (Å²) in [6, 6.07) is 10.2. The Morgan fingerprint density at radius 2 is 1.89 bits per heavy atom. The molecule has 0 aliphatic carbocycles. The molecule has 2 aliphatic rings. The maximum absolute atomic E-state index is 13.6. The Kier molecular flexibility index (Phi) is 6.28. The van der Waals surface area contributed by atoms with Crippen LogP contribution in [0.25, 0.3) is 11.3 Å². The molecule has 2 atom stereocenters. The molecule has 2 N–H and O–H groups in total. The Morgan fingerprint density at radius 3 is 2.56 bits per heavy atom. The number of hydrogen-bond acceptors (Lipinski definition) is 6. The summed E-state index contributed by atoms with van der Waals surface area (Å²) in [5.74, 6) is 0.554. The molecular formula is C27H31N3O5S. The number of aryl methyl sites for hydroxylation is 2. The predicted molar refractivity (Wildman–Crippen MR) is 137 cm³/mol. The van der Waals surface area contributed by atoms with Crippen LogP contribution in [-0.2, 0) is 9.84 Å². The first-order valence-corrected chi connectivity index (χ1v) is 14.2. The van der Waals surface area contributed by atoms with E-state index in [2.05, 4.69) is 17.1 Å². The number of phenols is 1. The van der Waals surface area contributed by atoms with Gasteiger partial charge in [-0.05, 0) is 67.6 Å². The summed E-state index contributed by atoms with van der Waals surface area (Å²) in [7, 11) is -3.21. The summed E-state index contributed by atoms with van der Waals surface area (Å²) < 4.78 is 30.5. The number of ether oxygens (including phenoxy) is 1. The van der Waals surface area contributed by atoms with Gasteiger partial charge in [-0.15, -0.1) is 0 Å². The molecule has 8 nitrogen and oxygen atoms in total. The van der Waals surface area contributed by atoms with Gasteiger partial charge in [0, 0.05) is 17.2 Å². The van der Waals surface area contributed by atoms with Crippen molar-refractivity contribution in [2.45, 2.75) is 52.1 Å². The lowest BCUT2D eigenvalue weighted by Gasteiger charge is -2.31. The topological polar surface area (TPSA) is 113 Å². The van der Waals surface area contributed by atoms with Gasteiger partial charge in [-0.2, -0.15) is 5.10 Å². The number of phenolic OH excluding ortho intramolecular Hbond substituents is 1. The Balaban J connectivity index is 1.61. The summed E-state index contributed by atoms with van der Waals surface area (Å²) in [5, 5.41) is 18.1. The number of amides is 1.